The molecule has 0 aliphatic rings. The molecule has 0 fully saturated rings. The molecule has 2 heteroatoms. The molecular weight excluding hydrogens is 199 g/mol. The van der Waals surface area contributed by atoms with Gasteiger partial charge in [-0.2, -0.15) is 0 Å². The van der Waals surface area contributed by atoms with Crippen LogP contribution in [-0.2, 0) is 0 Å². The van der Waals surface area contributed by atoms with Crippen LogP contribution in [0, 0.1) is 0 Å². The molecule has 0 heterocycles. The van der Waals surface area contributed by atoms with Gasteiger partial charge in [-0.05, 0) is 12.8 Å². The number of hydrogen-bond donors (Lipinski definition) is 0. The van der Waals surface area contributed by atoms with Crippen molar-refractivity contribution in [3.63, 3.8) is 0 Å². The predicted octanol–water partition coefficient (Wildman–Crippen LogP) is 3.57. The van der Waals surface area contributed by atoms with Crippen LogP contribution >= 0.6 is 27.5 Å². The highest BCUT2D eigenvalue weighted by Gasteiger charge is 2.11. The van der Waals surface area contributed by atoms with Gasteiger partial charge < -0.3 is 0 Å². The van der Waals surface area contributed by atoms with Crippen molar-refractivity contribution < 1.29 is 0 Å². The Kier molecular flexibility index (Phi) is 6.02. The minimum atomic E-state index is 0.319. The molecule has 0 aromatic carbocycles. The monoisotopic (exact) mass is 212 g/mol. The molecule has 56 valence electrons. The van der Waals surface area contributed by atoms with Crippen molar-refractivity contribution in [1.82, 2.24) is 0 Å². The van der Waals surface area contributed by atoms with Gasteiger partial charge in [-0.1, -0.05) is 36.2 Å². The third-order valence-electron chi connectivity index (χ3n) is 1.35. The molecule has 0 nitrogen and oxygen atoms in total. The smallest absolute Gasteiger partial charge is 0.0460 e. The molecule has 0 aromatic rings. The zero-order chi connectivity index (χ0) is 7.28. The van der Waals surface area contributed by atoms with E-state index in [1.807, 2.05) is 0 Å². The second kappa shape index (κ2) is 5.55. The van der Waals surface area contributed by atoms with Gasteiger partial charge >= 0.3 is 0 Å². The summed E-state index contributed by atoms with van der Waals surface area (Å²) < 4.78 is 0. The molecule has 9 heavy (non-hydrogen) atoms. The zero-order valence-electron chi connectivity index (χ0n) is 6.03. The second-order valence-corrected chi connectivity index (χ2v) is 3.97. The van der Waals surface area contributed by atoms with Crippen molar-refractivity contribution in [2.24, 2.45) is 0 Å². The van der Waals surface area contributed by atoms with Crippen molar-refractivity contribution in [1.29, 1.82) is 0 Å². The van der Waals surface area contributed by atoms with Crippen LogP contribution in [0.3, 0.4) is 0 Å². The van der Waals surface area contributed by atoms with Gasteiger partial charge in [-0.25, -0.2) is 0 Å². The van der Waals surface area contributed by atoms with Crippen LogP contribution in [0.15, 0.2) is 0 Å². The molecule has 0 rings (SSSR count). The maximum atomic E-state index is 5.98. The zero-order valence-corrected chi connectivity index (χ0v) is 8.37. The molecule has 0 amide bonds. The Morgan fingerprint density at radius 1 is 1.44 bits per heavy atom. The minimum Gasteiger partial charge on any atom is -0.122 e. The predicted molar refractivity (Wildman–Crippen MR) is 47.6 cm³/mol. The maximum absolute atomic E-state index is 5.98. The van der Waals surface area contributed by atoms with Gasteiger partial charge in [0.1, 0.15) is 0 Å². The van der Waals surface area contributed by atoms with Gasteiger partial charge in [-0.15, -0.1) is 11.6 Å². The first kappa shape index (κ1) is 9.77. The van der Waals surface area contributed by atoms with Crippen molar-refractivity contribution in [3.05, 3.63) is 0 Å². The van der Waals surface area contributed by atoms with Crippen LogP contribution in [0.2, 0.25) is 0 Å². The van der Waals surface area contributed by atoms with Crippen LogP contribution in [0.5, 0.6) is 0 Å². The topological polar surface area (TPSA) is 0 Å². The molecule has 0 saturated carbocycles. The SMILES string of the molecule is CCC[C@@H](Cl)C(Br)CC. The maximum Gasteiger partial charge on any atom is 0.0460 e. The van der Waals surface area contributed by atoms with E-state index in [9.17, 15) is 0 Å². The Morgan fingerprint density at radius 2 is 2.00 bits per heavy atom. The Hall–Kier alpha value is 0.770. The van der Waals surface area contributed by atoms with E-state index in [0.29, 0.717) is 10.2 Å². The standard InChI is InChI=1S/C7H14BrCl/c1-3-5-7(9)6(8)4-2/h6-7H,3-5H2,1-2H3/t6?,7-/m1/s1. The fourth-order valence-corrected chi connectivity index (χ4v) is 1.37. The number of rotatable bonds is 4. The normalized spacial score (nSPS) is 17.3. The van der Waals surface area contributed by atoms with E-state index in [1.54, 1.807) is 0 Å². The average Bonchev–Trinajstić information content (AvgIpc) is 1.87. The van der Waals surface area contributed by atoms with E-state index in [0.717, 1.165) is 12.8 Å². The van der Waals surface area contributed by atoms with Gasteiger partial charge in [0.25, 0.3) is 0 Å². The molecule has 1 unspecified atom stereocenters. The summed E-state index contributed by atoms with van der Waals surface area (Å²) in [5.74, 6) is 0. The average molecular weight is 214 g/mol. The minimum absolute atomic E-state index is 0.319. The number of halogens is 2. The van der Waals surface area contributed by atoms with Crippen molar-refractivity contribution in [3.8, 4) is 0 Å². The lowest BCUT2D eigenvalue weighted by atomic mass is 10.2. The molecule has 0 saturated heterocycles. The van der Waals surface area contributed by atoms with E-state index >= 15 is 0 Å². The van der Waals surface area contributed by atoms with Crippen molar-refractivity contribution in [2.45, 2.75) is 43.3 Å². The van der Waals surface area contributed by atoms with Crippen LogP contribution in [0.4, 0.5) is 0 Å². The first-order valence-electron chi connectivity index (χ1n) is 3.50. The lowest BCUT2D eigenvalue weighted by molar-refractivity contribution is 0.686. The Labute approximate surface area is 71.1 Å². The van der Waals surface area contributed by atoms with E-state index in [-0.39, 0.29) is 0 Å². The summed E-state index contributed by atoms with van der Waals surface area (Å²) in [7, 11) is 0. The second-order valence-electron chi connectivity index (χ2n) is 2.23. The van der Waals surface area contributed by atoms with Gasteiger partial charge in [-0.3, -0.25) is 0 Å². The molecule has 0 aliphatic heterocycles. The summed E-state index contributed by atoms with van der Waals surface area (Å²) >= 11 is 9.50. The molecule has 0 bridgehead atoms. The number of hydrogen-bond acceptors (Lipinski definition) is 0. The van der Waals surface area contributed by atoms with E-state index < -0.39 is 0 Å². The molecule has 0 N–H and O–H groups in total. The molecule has 0 aromatic heterocycles. The molecular formula is C7H14BrCl. The summed E-state index contributed by atoms with van der Waals surface area (Å²) in [6, 6.07) is 0. The first-order chi connectivity index (χ1) is 4.22. The summed E-state index contributed by atoms with van der Waals surface area (Å²) in [5.41, 5.74) is 0. The van der Waals surface area contributed by atoms with Crippen LogP contribution in [0.1, 0.15) is 33.1 Å². The van der Waals surface area contributed by atoms with Crippen LogP contribution in [0.25, 0.3) is 0 Å². The van der Waals surface area contributed by atoms with Crippen molar-refractivity contribution >= 4 is 27.5 Å². The van der Waals surface area contributed by atoms with E-state index in [4.69, 9.17) is 11.6 Å². The number of alkyl halides is 2. The van der Waals surface area contributed by atoms with Crippen molar-refractivity contribution in [2.75, 3.05) is 0 Å². The lowest BCUT2D eigenvalue weighted by Crippen LogP contribution is -2.12. The Morgan fingerprint density at radius 3 is 2.33 bits per heavy atom. The summed E-state index contributed by atoms with van der Waals surface area (Å²) in [5, 5.41) is 0.319. The van der Waals surface area contributed by atoms with E-state index in [2.05, 4.69) is 29.8 Å². The first-order valence-corrected chi connectivity index (χ1v) is 4.85. The highest BCUT2D eigenvalue weighted by atomic mass is 79.9. The Bertz CT molecular complexity index is 65.9. The van der Waals surface area contributed by atoms with Crippen LogP contribution < -0.4 is 0 Å². The molecule has 2 atom stereocenters. The third kappa shape index (κ3) is 4.21. The van der Waals surface area contributed by atoms with Crippen LogP contribution in [-0.4, -0.2) is 10.2 Å². The highest BCUT2D eigenvalue weighted by molar-refractivity contribution is 9.09. The van der Waals surface area contributed by atoms with Gasteiger partial charge in [0, 0.05) is 10.2 Å². The third-order valence-corrected chi connectivity index (χ3v) is 3.46. The summed E-state index contributed by atoms with van der Waals surface area (Å²) in [6.45, 7) is 4.30. The summed E-state index contributed by atoms with van der Waals surface area (Å²) in [4.78, 5) is 0.499. The quantitative estimate of drug-likeness (QED) is 0.627. The van der Waals surface area contributed by atoms with Gasteiger partial charge in [0.05, 0.1) is 0 Å². The van der Waals surface area contributed by atoms with Gasteiger partial charge in [0.15, 0.2) is 0 Å². The fourth-order valence-electron chi connectivity index (χ4n) is 0.712. The molecule has 0 spiro atoms. The molecule has 0 radical (unpaired) electrons. The lowest BCUT2D eigenvalue weighted by Gasteiger charge is -2.12. The largest absolute Gasteiger partial charge is 0.122 e. The van der Waals surface area contributed by atoms with E-state index in [1.165, 1.54) is 6.42 Å². The van der Waals surface area contributed by atoms with Gasteiger partial charge in [0.2, 0.25) is 0 Å². The summed E-state index contributed by atoms with van der Waals surface area (Å²) in [6.07, 6.45) is 3.41. The fraction of sp³-hybridized carbons (Fsp3) is 1.00. The molecule has 0 aliphatic carbocycles. The highest BCUT2D eigenvalue weighted by Crippen LogP contribution is 2.19. The Balaban J connectivity index is 3.32.